The molecule has 1 aliphatic heterocycles. The molecule has 0 atom stereocenters. The number of nitrogens with zero attached hydrogens (tertiary/aromatic N) is 2. The summed E-state index contributed by atoms with van der Waals surface area (Å²) in [6.07, 6.45) is 3.78. The predicted octanol–water partition coefficient (Wildman–Crippen LogP) is 2.43. The van der Waals surface area contributed by atoms with Crippen LogP contribution in [0.3, 0.4) is 0 Å². The van der Waals surface area contributed by atoms with Gasteiger partial charge in [0.1, 0.15) is 17.4 Å². The Morgan fingerprint density at radius 1 is 1.16 bits per heavy atom. The molecule has 0 spiro atoms. The standard InChI is InChI=1S/C22H27N5O4S/c1-30-13-12-25-32(28,29)19-6-3-5-17(14-19)26-22-24-15-16-4-2-7-20(21(16)27-22)31-18-8-10-23-11-9-18/h2-7,14-15,18,23,25H,8-13H2,1H3,(H,24,26,27). The van der Waals surface area contributed by atoms with Gasteiger partial charge in [-0.25, -0.2) is 23.1 Å². The van der Waals surface area contributed by atoms with E-state index in [1.165, 1.54) is 13.2 Å². The van der Waals surface area contributed by atoms with Crippen LogP contribution in [-0.4, -0.2) is 57.8 Å². The van der Waals surface area contributed by atoms with Crippen LogP contribution < -0.4 is 20.1 Å². The molecule has 10 heteroatoms. The van der Waals surface area contributed by atoms with Crippen molar-refractivity contribution >= 4 is 32.6 Å². The second-order valence-corrected chi connectivity index (χ2v) is 9.27. The number of nitrogens with one attached hydrogen (secondary N) is 3. The summed E-state index contributed by atoms with van der Waals surface area (Å²) in [6, 6.07) is 12.3. The minimum Gasteiger partial charge on any atom is -0.488 e. The number of fused-ring (bicyclic) bond motifs is 1. The number of benzene rings is 2. The predicted molar refractivity (Wildman–Crippen MR) is 123 cm³/mol. The Hall–Kier alpha value is -2.79. The first-order chi connectivity index (χ1) is 15.5. The van der Waals surface area contributed by atoms with Crippen molar-refractivity contribution in [1.82, 2.24) is 20.0 Å². The molecule has 2 aromatic carbocycles. The van der Waals surface area contributed by atoms with Crippen molar-refractivity contribution in [3.63, 3.8) is 0 Å². The average molecular weight is 458 g/mol. The molecule has 9 nitrogen and oxygen atoms in total. The number of piperidine rings is 1. The van der Waals surface area contributed by atoms with Gasteiger partial charge >= 0.3 is 0 Å². The number of aromatic nitrogens is 2. The van der Waals surface area contributed by atoms with E-state index in [1.807, 2.05) is 18.2 Å². The van der Waals surface area contributed by atoms with Crippen molar-refractivity contribution in [2.45, 2.75) is 23.8 Å². The Kier molecular flexibility index (Phi) is 7.15. The van der Waals surface area contributed by atoms with Gasteiger partial charge in [-0.05, 0) is 50.2 Å². The third kappa shape index (κ3) is 5.52. The molecule has 1 aromatic heterocycles. The highest BCUT2D eigenvalue weighted by molar-refractivity contribution is 7.89. The highest BCUT2D eigenvalue weighted by Gasteiger charge is 2.17. The summed E-state index contributed by atoms with van der Waals surface area (Å²) < 4.78 is 38.6. The molecule has 0 radical (unpaired) electrons. The van der Waals surface area contributed by atoms with Crippen molar-refractivity contribution in [2.75, 3.05) is 38.7 Å². The van der Waals surface area contributed by atoms with Crippen molar-refractivity contribution in [2.24, 2.45) is 0 Å². The summed E-state index contributed by atoms with van der Waals surface area (Å²) in [5, 5.41) is 7.31. The monoisotopic (exact) mass is 457 g/mol. The Labute approximate surface area is 187 Å². The largest absolute Gasteiger partial charge is 0.488 e. The first-order valence-electron chi connectivity index (χ1n) is 10.5. The summed E-state index contributed by atoms with van der Waals surface area (Å²) in [6.45, 7) is 2.38. The van der Waals surface area contributed by atoms with Gasteiger partial charge in [0.15, 0.2) is 0 Å². The zero-order chi connectivity index (χ0) is 22.4. The minimum atomic E-state index is -3.64. The molecular weight excluding hydrogens is 430 g/mol. The van der Waals surface area contributed by atoms with E-state index in [2.05, 4.69) is 25.3 Å². The van der Waals surface area contributed by atoms with Crippen molar-refractivity contribution in [3.05, 3.63) is 48.7 Å². The van der Waals surface area contributed by atoms with Crippen LogP contribution >= 0.6 is 0 Å². The van der Waals surface area contributed by atoms with E-state index in [0.717, 1.165) is 37.1 Å². The molecule has 1 aliphatic rings. The molecule has 0 amide bonds. The van der Waals surface area contributed by atoms with Crippen LogP contribution in [0.15, 0.2) is 53.6 Å². The Morgan fingerprint density at radius 3 is 2.78 bits per heavy atom. The lowest BCUT2D eigenvalue weighted by Crippen LogP contribution is -2.34. The van der Waals surface area contributed by atoms with Crippen LogP contribution in [-0.2, 0) is 14.8 Å². The molecule has 2 heterocycles. The first-order valence-corrected chi connectivity index (χ1v) is 12.0. The smallest absolute Gasteiger partial charge is 0.240 e. The summed E-state index contributed by atoms with van der Waals surface area (Å²) in [7, 11) is -2.12. The third-order valence-corrected chi connectivity index (χ3v) is 6.61. The van der Waals surface area contributed by atoms with Crippen LogP contribution in [0, 0.1) is 0 Å². The molecule has 3 aromatic rings. The van der Waals surface area contributed by atoms with Gasteiger partial charge in [-0.15, -0.1) is 0 Å². The molecule has 32 heavy (non-hydrogen) atoms. The average Bonchev–Trinajstić information content (AvgIpc) is 2.80. The van der Waals surface area contributed by atoms with Gasteiger partial charge in [-0.2, -0.15) is 0 Å². The number of ether oxygens (including phenoxy) is 2. The van der Waals surface area contributed by atoms with Gasteiger partial charge in [0.2, 0.25) is 16.0 Å². The van der Waals surface area contributed by atoms with Crippen LogP contribution in [0.5, 0.6) is 5.75 Å². The molecule has 4 rings (SSSR count). The van der Waals surface area contributed by atoms with Gasteiger partial charge in [-0.3, -0.25) is 0 Å². The second-order valence-electron chi connectivity index (χ2n) is 7.50. The fourth-order valence-electron chi connectivity index (χ4n) is 3.51. The second kappa shape index (κ2) is 10.2. The van der Waals surface area contributed by atoms with E-state index in [4.69, 9.17) is 9.47 Å². The van der Waals surface area contributed by atoms with E-state index in [0.29, 0.717) is 23.8 Å². The van der Waals surface area contributed by atoms with Crippen LogP contribution in [0.1, 0.15) is 12.8 Å². The van der Waals surface area contributed by atoms with Gasteiger partial charge in [0.25, 0.3) is 0 Å². The lowest BCUT2D eigenvalue weighted by molar-refractivity contribution is 0.164. The number of rotatable bonds is 9. The van der Waals surface area contributed by atoms with Gasteiger partial charge in [0, 0.05) is 30.9 Å². The Morgan fingerprint density at radius 2 is 1.97 bits per heavy atom. The summed E-state index contributed by atoms with van der Waals surface area (Å²) in [4.78, 5) is 9.16. The fraction of sp³-hybridized carbons (Fsp3) is 0.364. The topological polar surface area (TPSA) is 114 Å². The number of methoxy groups -OCH3 is 1. The molecule has 0 bridgehead atoms. The summed E-state index contributed by atoms with van der Waals surface area (Å²) in [5.74, 6) is 1.08. The quantitative estimate of drug-likeness (QED) is 0.420. The minimum absolute atomic E-state index is 0.148. The first kappa shape index (κ1) is 22.4. The van der Waals surface area contributed by atoms with Crippen molar-refractivity contribution < 1.29 is 17.9 Å². The fourth-order valence-corrected chi connectivity index (χ4v) is 4.57. The molecule has 0 saturated carbocycles. The van der Waals surface area contributed by atoms with E-state index >= 15 is 0 Å². The zero-order valence-corrected chi connectivity index (χ0v) is 18.7. The molecule has 0 unspecified atom stereocenters. The molecular formula is C22H27N5O4S. The van der Waals surface area contributed by atoms with E-state index in [-0.39, 0.29) is 17.5 Å². The third-order valence-electron chi connectivity index (χ3n) is 5.15. The van der Waals surface area contributed by atoms with Gasteiger partial charge < -0.3 is 20.1 Å². The highest BCUT2D eigenvalue weighted by Crippen LogP contribution is 2.27. The summed E-state index contributed by atoms with van der Waals surface area (Å²) >= 11 is 0. The lowest BCUT2D eigenvalue weighted by Gasteiger charge is -2.24. The van der Waals surface area contributed by atoms with Gasteiger partial charge in [-0.1, -0.05) is 18.2 Å². The van der Waals surface area contributed by atoms with Gasteiger partial charge in [0.05, 0.1) is 11.5 Å². The van der Waals surface area contributed by atoms with Crippen LogP contribution in [0.2, 0.25) is 0 Å². The number of anilines is 2. The highest BCUT2D eigenvalue weighted by atomic mass is 32.2. The van der Waals surface area contributed by atoms with E-state index in [9.17, 15) is 8.42 Å². The maximum atomic E-state index is 12.5. The SMILES string of the molecule is COCCNS(=O)(=O)c1cccc(Nc2ncc3cccc(OC4CCNCC4)c3n2)c1. The van der Waals surface area contributed by atoms with E-state index < -0.39 is 10.0 Å². The van der Waals surface area contributed by atoms with Crippen molar-refractivity contribution in [1.29, 1.82) is 0 Å². The Balaban J connectivity index is 1.55. The van der Waals surface area contributed by atoms with Crippen molar-refractivity contribution in [3.8, 4) is 5.75 Å². The molecule has 1 fully saturated rings. The van der Waals surface area contributed by atoms with Crippen LogP contribution in [0.4, 0.5) is 11.6 Å². The molecule has 170 valence electrons. The molecule has 0 aliphatic carbocycles. The maximum Gasteiger partial charge on any atom is 0.240 e. The normalized spacial score (nSPS) is 15.0. The number of para-hydroxylation sites is 1. The summed E-state index contributed by atoms with van der Waals surface area (Å²) in [5.41, 5.74) is 1.28. The lowest BCUT2D eigenvalue weighted by atomic mass is 10.1. The molecule has 1 saturated heterocycles. The molecule has 3 N–H and O–H groups in total. The number of hydrogen-bond acceptors (Lipinski definition) is 8. The number of hydrogen-bond donors (Lipinski definition) is 3. The number of sulfonamides is 1. The van der Waals surface area contributed by atoms with E-state index in [1.54, 1.807) is 24.4 Å². The van der Waals surface area contributed by atoms with Crippen LogP contribution in [0.25, 0.3) is 10.9 Å². The Bertz CT molecular complexity index is 1170. The zero-order valence-electron chi connectivity index (χ0n) is 17.9. The maximum absolute atomic E-state index is 12.5.